The number of hydrogen-bond donors (Lipinski definition) is 4. The molecule has 34 heavy (non-hydrogen) atoms. The van der Waals surface area contributed by atoms with Gasteiger partial charge in [-0.25, -0.2) is 9.97 Å². The Bertz CT molecular complexity index is 1470. The molecule has 0 radical (unpaired) electrons. The maximum Gasteiger partial charge on any atom is 0.289 e. The Labute approximate surface area is 200 Å². The molecule has 5 N–H and O–H groups in total. The molecule has 5 rings (SSSR count). The van der Waals surface area contributed by atoms with E-state index in [-0.39, 0.29) is 11.9 Å². The minimum Gasteiger partial charge on any atom is -0.348 e. The molecule has 0 bridgehead atoms. The van der Waals surface area contributed by atoms with Crippen molar-refractivity contribution in [3.05, 3.63) is 89.2 Å². The number of aromatic amines is 1. The third-order valence-corrected chi connectivity index (χ3v) is 5.67. The van der Waals surface area contributed by atoms with Crippen molar-refractivity contribution in [1.82, 2.24) is 25.5 Å². The van der Waals surface area contributed by atoms with E-state index in [1.807, 2.05) is 54.6 Å². The molecule has 2 heterocycles. The Morgan fingerprint density at radius 1 is 0.971 bits per heavy atom. The molecule has 0 aliphatic heterocycles. The smallest absolute Gasteiger partial charge is 0.289 e. The molecule has 0 aliphatic carbocycles. The first-order valence-corrected chi connectivity index (χ1v) is 11.2. The minimum atomic E-state index is -0.407. The lowest BCUT2D eigenvalue weighted by Gasteiger charge is -2.14. The summed E-state index contributed by atoms with van der Waals surface area (Å²) in [6.07, 6.45) is 0.650. The maximum atomic E-state index is 12.9. The molecular weight excluding hydrogens is 450 g/mol. The number of para-hydroxylation sites is 1. The molecule has 0 spiro atoms. The number of anilines is 2. The van der Waals surface area contributed by atoms with E-state index >= 15 is 0 Å². The summed E-state index contributed by atoms with van der Waals surface area (Å²) in [7, 11) is 0. The van der Waals surface area contributed by atoms with Crippen molar-refractivity contribution in [2.45, 2.75) is 12.5 Å². The van der Waals surface area contributed by atoms with Crippen LogP contribution in [0.5, 0.6) is 0 Å². The lowest BCUT2D eigenvalue weighted by molar-refractivity contribution is 0.0941. The summed E-state index contributed by atoms with van der Waals surface area (Å²) in [5.74, 6) is 0.648. The van der Waals surface area contributed by atoms with Crippen LogP contribution in [0, 0.1) is 0 Å². The lowest BCUT2D eigenvalue weighted by Crippen LogP contribution is -2.39. The molecule has 0 aliphatic rings. The van der Waals surface area contributed by atoms with Crippen molar-refractivity contribution < 1.29 is 4.79 Å². The molecule has 8 nitrogen and oxygen atoms in total. The number of amides is 1. The van der Waals surface area contributed by atoms with Crippen molar-refractivity contribution in [2.24, 2.45) is 5.73 Å². The van der Waals surface area contributed by atoms with Crippen LogP contribution in [-0.4, -0.2) is 38.7 Å². The van der Waals surface area contributed by atoms with Gasteiger partial charge < -0.3 is 16.4 Å². The number of nitrogens with one attached hydrogen (secondary N) is 3. The van der Waals surface area contributed by atoms with E-state index < -0.39 is 5.91 Å². The van der Waals surface area contributed by atoms with Crippen molar-refractivity contribution in [1.29, 1.82) is 0 Å². The van der Waals surface area contributed by atoms with Crippen LogP contribution in [0.2, 0.25) is 5.02 Å². The van der Waals surface area contributed by atoms with Gasteiger partial charge in [0.1, 0.15) is 5.82 Å². The van der Waals surface area contributed by atoms with Crippen LogP contribution in [0.15, 0.2) is 72.8 Å². The van der Waals surface area contributed by atoms with Crippen LogP contribution >= 0.6 is 11.6 Å². The van der Waals surface area contributed by atoms with Crippen LogP contribution < -0.4 is 16.4 Å². The minimum absolute atomic E-state index is 0.0316. The van der Waals surface area contributed by atoms with E-state index in [9.17, 15) is 4.79 Å². The molecule has 9 heteroatoms. The Morgan fingerprint density at radius 2 is 1.76 bits per heavy atom. The summed E-state index contributed by atoms with van der Waals surface area (Å²) in [6.45, 7) is 0.294. The Morgan fingerprint density at radius 3 is 2.62 bits per heavy atom. The zero-order chi connectivity index (χ0) is 23.5. The lowest BCUT2D eigenvalue weighted by atomic mass is 10.1. The number of carbonyl (C=O) groups is 1. The van der Waals surface area contributed by atoms with Crippen molar-refractivity contribution in [3.8, 4) is 0 Å². The van der Waals surface area contributed by atoms with E-state index in [1.54, 1.807) is 18.2 Å². The van der Waals surface area contributed by atoms with Gasteiger partial charge in [0.05, 0.1) is 11.0 Å². The van der Waals surface area contributed by atoms with Gasteiger partial charge >= 0.3 is 0 Å². The van der Waals surface area contributed by atoms with Gasteiger partial charge in [0, 0.05) is 28.4 Å². The van der Waals surface area contributed by atoms with Gasteiger partial charge in [-0.15, -0.1) is 0 Å². The third kappa shape index (κ3) is 4.68. The largest absolute Gasteiger partial charge is 0.348 e. The summed E-state index contributed by atoms with van der Waals surface area (Å²) in [6, 6.07) is 22.6. The fraction of sp³-hybridized carbons (Fsp3) is 0.120. The molecule has 0 saturated heterocycles. The molecule has 2 aromatic heterocycles. The van der Waals surface area contributed by atoms with Crippen molar-refractivity contribution in [2.75, 3.05) is 11.9 Å². The van der Waals surface area contributed by atoms with Crippen LogP contribution in [0.3, 0.4) is 0 Å². The summed E-state index contributed by atoms with van der Waals surface area (Å²) < 4.78 is 0. The SMILES string of the molecule is N[C@@H](CNC(=O)c1nc(Nc2n[nH]c3ccccc23)c2cc(Cl)ccc2n1)Cc1ccccc1. The number of benzene rings is 3. The Kier molecular flexibility index (Phi) is 6.07. The second-order valence-corrected chi connectivity index (χ2v) is 8.40. The first-order valence-electron chi connectivity index (χ1n) is 10.8. The highest BCUT2D eigenvalue weighted by molar-refractivity contribution is 6.31. The van der Waals surface area contributed by atoms with E-state index in [0.717, 1.165) is 16.5 Å². The van der Waals surface area contributed by atoms with Gasteiger partial charge in [-0.2, -0.15) is 5.10 Å². The molecule has 1 atom stereocenters. The van der Waals surface area contributed by atoms with E-state index in [0.29, 0.717) is 40.5 Å². The van der Waals surface area contributed by atoms with Gasteiger partial charge in [-0.05, 0) is 42.3 Å². The number of halogens is 1. The number of carbonyl (C=O) groups excluding carboxylic acids is 1. The van der Waals surface area contributed by atoms with Crippen LogP contribution in [-0.2, 0) is 6.42 Å². The average Bonchev–Trinajstić information content (AvgIpc) is 3.26. The van der Waals surface area contributed by atoms with Crippen LogP contribution in [0.4, 0.5) is 11.6 Å². The topological polar surface area (TPSA) is 122 Å². The quantitative estimate of drug-likeness (QED) is 0.282. The van der Waals surface area contributed by atoms with Gasteiger partial charge in [0.2, 0.25) is 5.82 Å². The Balaban J connectivity index is 1.40. The molecule has 0 fully saturated rings. The van der Waals surface area contributed by atoms with Gasteiger partial charge in [-0.3, -0.25) is 9.89 Å². The van der Waals surface area contributed by atoms with Crippen molar-refractivity contribution >= 4 is 50.9 Å². The zero-order valence-corrected chi connectivity index (χ0v) is 18.9. The summed E-state index contributed by atoms with van der Waals surface area (Å²) in [5, 5.41) is 15.5. The molecule has 3 aromatic carbocycles. The first kappa shape index (κ1) is 21.8. The van der Waals surface area contributed by atoms with E-state index in [2.05, 4.69) is 30.8 Å². The second-order valence-electron chi connectivity index (χ2n) is 7.96. The first-order chi connectivity index (χ1) is 16.6. The normalized spacial score (nSPS) is 12.1. The fourth-order valence-corrected chi connectivity index (χ4v) is 3.93. The maximum absolute atomic E-state index is 12.9. The number of rotatable bonds is 7. The number of fused-ring (bicyclic) bond motifs is 2. The molecule has 0 saturated carbocycles. The van der Waals surface area contributed by atoms with E-state index in [1.165, 1.54) is 0 Å². The molecule has 170 valence electrons. The number of hydrogen-bond acceptors (Lipinski definition) is 6. The van der Waals surface area contributed by atoms with Gasteiger partial charge in [0.15, 0.2) is 5.82 Å². The average molecular weight is 472 g/mol. The number of H-pyrrole nitrogens is 1. The number of aromatic nitrogens is 4. The van der Waals surface area contributed by atoms with Crippen LogP contribution in [0.1, 0.15) is 16.2 Å². The standard InChI is InChI=1S/C25H22ClN7O/c26-16-10-11-20-19(13-16)22(30-23-18-8-4-5-9-21(18)32-33-23)31-24(29-20)25(34)28-14-17(27)12-15-6-2-1-3-7-15/h1-11,13,17H,12,14,27H2,(H,28,34)(H2,29,30,31,32,33)/t17-/m1/s1. The highest BCUT2D eigenvalue weighted by atomic mass is 35.5. The fourth-order valence-electron chi connectivity index (χ4n) is 3.76. The predicted octanol–water partition coefficient (Wildman–Crippen LogP) is 4.20. The molecular formula is C25H22ClN7O. The summed E-state index contributed by atoms with van der Waals surface area (Å²) >= 11 is 6.22. The van der Waals surface area contributed by atoms with E-state index in [4.69, 9.17) is 17.3 Å². The monoisotopic (exact) mass is 471 g/mol. The van der Waals surface area contributed by atoms with Gasteiger partial charge in [0.25, 0.3) is 5.91 Å². The molecule has 0 unspecified atom stereocenters. The highest BCUT2D eigenvalue weighted by Crippen LogP contribution is 2.29. The van der Waals surface area contributed by atoms with Crippen LogP contribution in [0.25, 0.3) is 21.8 Å². The predicted molar refractivity (Wildman–Crippen MR) is 134 cm³/mol. The van der Waals surface area contributed by atoms with Crippen molar-refractivity contribution in [3.63, 3.8) is 0 Å². The number of nitrogens with two attached hydrogens (primary N) is 1. The second kappa shape index (κ2) is 9.46. The Hall–Kier alpha value is -4.01. The highest BCUT2D eigenvalue weighted by Gasteiger charge is 2.17. The van der Waals surface area contributed by atoms with Gasteiger partial charge in [-0.1, -0.05) is 54.1 Å². The summed E-state index contributed by atoms with van der Waals surface area (Å²) in [4.78, 5) is 21.8. The summed E-state index contributed by atoms with van der Waals surface area (Å²) in [5.41, 5.74) is 8.79. The molecule has 5 aromatic rings. The molecule has 1 amide bonds. The third-order valence-electron chi connectivity index (χ3n) is 5.43. The number of nitrogens with zero attached hydrogens (tertiary/aromatic N) is 3. The zero-order valence-electron chi connectivity index (χ0n) is 18.1.